The van der Waals surface area contributed by atoms with E-state index in [1.54, 1.807) is 24.4 Å². The molecule has 0 aromatic carbocycles. The third-order valence-electron chi connectivity index (χ3n) is 2.12. The molecule has 0 aliphatic carbocycles. The molecule has 0 unspecified atom stereocenters. The lowest BCUT2D eigenvalue weighted by atomic mass is 10.4. The lowest BCUT2D eigenvalue weighted by Gasteiger charge is -2.07. The molecule has 0 bridgehead atoms. The minimum atomic E-state index is -3.27. The molecule has 0 radical (unpaired) electrons. The molecule has 1 aromatic rings. The molecule has 0 aliphatic rings. The molecule has 0 amide bonds. The van der Waals surface area contributed by atoms with Gasteiger partial charge in [0.1, 0.15) is 5.82 Å². The topological polar surface area (TPSA) is 71.1 Å². The maximum atomic E-state index is 11.7. The zero-order valence-electron chi connectivity index (χ0n) is 10.0. The van der Waals surface area contributed by atoms with E-state index in [1.807, 2.05) is 0 Å². The molecule has 1 heterocycles. The Labute approximate surface area is 103 Å². The number of nitrogens with one attached hydrogen (secondary N) is 2. The summed E-state index contributed by atoms with van der Waals surface area (Å²) in [6.07, 6.45) is 3.21. The highest BCUT2D eigenvalue weighted by Crippen LogP contribution is 2.04. The summed E-state index contributed by atoms with van der Waals surface area (Å²) in [5.74, 6) is 0.481. The average Bonchev–Trinajstić information content (AvgIpc) is 2.29. The van der Waals surface area contributed by atoms with Crippen LogP contribution in [-0.4, -0.2) is 32.2 Å². The van der Waals surface area contributed by atoms with Gasteiger partial charge in [-0.25, -0.2) is 13.4 Å². The minimum absolute atomic E-state index is 0.111. The van der Waals surface area contributed by atoms with E-state index in [0.717, 1.165) is 19.5 Å². The van der Waals surface area contributed by atoms with Crippen molar-refractivity contribution in [1.82, 2.24) is 10.3 Å². The summed E-state index contributed by atoms with van der Waals surface area (Å²) in [5, 5.41) is 3.16. The maximum absolute atomic E-state index is 11.7. The van der Waals surface area contributed by atoms with E-state index < -0.39 is 10.0 Å². The number of pyridine rings is 1. The number of nitrogens with zero attached hydrogens (tertiary/aromatic N) is 1. The van der Waals surface area contributed by atoms with Crippen LogP contribution in [0.25, 0.3) is 0 Å². The average molecular weight is 257 g/mol. The first-order valence-corrected chi connectivity index (χ1v) is 7.41. The van der Waals surface area contributed by atoms with Crippen LogP contribution in [0, 0.1) is 0 Å². The van der Waals surface area contributed by atoms with E-state index in [1.165, 1.54) is 0 Å². The van der Waals surface area contributed by atoms with Crippen molar-refractivity contribution in [3.63, 3.8) is 0 Å². The third-order valence-corrected chi connectivity index (χ3v) is 3.46. The van der Waals surface area contributed by atoms with Gasteiger partial charge in [0.25, 0.3) is 0 Å². The smallest absolute Gasteiger partial charge is 0.233 e. The van der Waals surface area contributed by atoms with Crippen molar-refractivity contribution in [1.29, 1.82) is 0 Å². The standard InChI is InChI=1S/C11H19N3O2S/c1-2-7-12-8-5-10-17(15,16)14-11-6-3-4-9-13-11/h3-4,6,9,12H,2,5,7-8,10H2,1H3,(H,13,14). The fraction of sp³-hybridized carbons (Fsp3) is 0.545. The van der Waals surface area contributed by atoms with Gasteiger partial charge in [-0.05, 0) is 38.1 Å². The largest absolute Gasteiger partial charge is 0.317 e. The highest BCUT2D eigenvalue weighted by molar-refractivity contribution is 7.92. The normalized spacial score (nSPS) is 11.4. The van der Waals surface area contributed by atoms with E-state index >= 15 is 0 Å². The second-order valence-corrected chi connectivity index (χ2v) is 5.58. The predicted octanol–water partition coefficient (Wildman–Crippen LogP) is 1.21. The van der Waals surface area contributed by atoms with Crippen molar-refractivity contribution < 1.29 is 8.42 Å². The van der Waals surface area contributed by atoms with Crippen LogP contribution in [0.1, 0.15) is 19.8 Å². The molecule has 5 nitrogen and oxygen atoms in total. The lowest BCUT2D eigenvalue weighted by Crippen LogP contribution is -2.22. The third kappa shape index (κ3) is 6.23. The first-order chi connectivity index (χ1) is 8.14. The number of rotatable bonds is 8. The van der Waals surface area contributed by atoms with Crippen molar-refractivity contribution in [2.24, 2.45) is 0 Å². The van der Waals surface area contributed by atoms with Gasteiger partial charge >= 0.3 is 0 Å². The van der Waals surface area contributed by atoms with Crippen molar-refractivity contribution in [3.05, 3.63) is 24.4 Å². The van der Waals surface area contributed by atoms with Crippen molar-refractivity contribution in [2.45, 2.75) is 19.8 Å². The Morgan fingerprint density at radius 1 is 1.29 bits per heavy atom. The van der Waals surface area contributed by atoms with Gasteiger partial charge in [0, 0.05) is 6.20 Å². The molecule has 0 aliphatic heterocycles. The molecule has 1 rings (SSSR count). The number of sulfonamides is 1. The van der Waals surface area contributed by atoms with E-state index in [9.17, 15) is 8.42 Å². The molecule has 0 fully saturated rings. The van der Waals surface area contributed by atoms with Gasteiger partial charge in [-0.15, -0.1) is 0 Å². The van der Waals surface area contributed by atoms with Crippen LogP contribution in [0.5, 0.6) is 0 Å². The van der Waals surface area contributed by atoms with Crippen molar-refractivity contribution >= 4 is 15.8 Å². The summed E-state index contributed by atoms with van der Waals surface area (Å²) in [6.45, 7) is 3.72. The second-order valence-electron chi connectivity index (χ2n) is 3.74. The van der Waals surface area contributed by atoms with Crippen LogP contribution < -0.4 is 10.0 Å². The van der Waals surface area contributed by atoms with Crippen LogP contribution in [-0.2, 0) is 10.0 Å². The monoisotopic (exact) mass is 257 g/mol. The number of anilines is 1. The molecular weight excluding hydrogens is 238 g/mol. The van der Waals surface area contributed by atoms with Crippen molar-refractivity contribution in [3.8, 4) is 0 Å². The van der Waals surface area contributed by atoms with E-state index in [-0.39, 0.29) is 5.75 Å². The summed E-state index contributed by atoms with van der Waals surface area (Å²) < 4.78 is 25.7. The molecule has 6 heteroatoms. The molecule has 2 N–H and O–H groups in total. The van der Waals surface area contributed by atoms with Gasteiger partial charge in [0.2, 0.25) is 10.0 Å². The highest BCUT2D eigenvalue weighted by atomic mass is 32.2. The number of aromatic nitrogens is 1. The predicted molar refractivity (Wildman–Crippen MR) is 69.4 cm³/mol. The van der Waals surface area contributed by atoms with Crippen LogP contribution in [0.3, 0.4) is 0 Å². The first kappa shape index (κ1) is 13.9. The van der Waals surface area contributed by atoms with E-state index in [2.05, 4.69) is 21.9 Å². The van der Waals surface area contributed by atoms with Crippen LogP contribution in [0.4, 0.5) is 5.82 Å². The maximum Gasteiger partial charge on any atom is 0.233 e. The molecule has 0 saturated heterocycles. The number of hydrogen-bond donors (Lipinski definition) is 2. The van der Waals surface area contributed by atoms with Gasteiger partial charge in [0.05, 0.1) is 5.75 Å². The number of hydrogen-bond acceptors (Lipinski definition) is 4. The van der Waals surface area contributed by atoms with Crippen LogP contribution in [0.15, 0.2) is 24.4 Å². The molecular formula is C11H19N3O2S. The molecule has 96 valence electrons. The Morgan fingerprint density at radius 3 is 2.76 bits per heavy atom. The Kier molecular flexibility index (Phi) is 5.93. The highest BCUT2D eigenvalue weighted by Gasteiger charge is 2.09. The molecule has 0 saturated carbocycles. The van der Waals surface area contributed by atoms with Gasteiger partial charge in [-0.3, -0.25) is 4.72 Å². The van der Waals surface area contributed by atoms with Gasteiger partial charge in [0.15, 0.2) is 0 Å². The summed E-state index contributed by atoms with van der Waals surface area (Å²) >= 11 is 0. The first-order valence-electron chi connectivity index (χ1n) is 5.76. The molecule has 0 spiro atoms. The van der Waals surface area contributed by atoms with E-state index in [4.69, 9.17) is 0 Å². The Morgan fingerprint density at radius 2 is 2.12 bits per heavy atom. The minimum Gasteiger partial charge on any atom is -0.317 e. The fourth-order valence-electron chi connectivity index (χ4n) is 1.32. The molecule has 1 aromatic heterocycles. The van der Waals surface area contributed by atoms with Crippen LogP contribution >= 0.6 is 0 Å². The quantitative estimate of drug-likeness (QED) is 0.687. The molecule has 0 atom stereocenters. The summed E-state index contributed by atoms with van der Waals surface area (Å²) in [5.41, 5.74) is 0. The summed E-state index contributed by atoms with van der Waals surface area (Å²) in [6, 6.07) is 5.12. The van der Waals surface area contributed by atoms with Gasteiger partial charge in [-0.1, -0.05) is 13.0 Å². The Balaban J connectivity index is 2.32. The Bertz CT molecular complexity index is 406. The lowest BCUT2D eigenvalue weighted by molar-refractivity contribution is 0.593. The summed E-state index contributed by atoms with van der Waals surface area (Å²) in [4.78, 5) is 3.92. The van der Waals surface area contributed by atoms with Gasteiger partial charge in [-0.2, -0.15) is 0 Å². The zero-order chi connectivity index (χ0) is 12.6. The second kappa shape index (κ2) is 7.24. The summed E-state index contributed by atoms with van der Waals surface area (Å²) in [7, 11) is -3.27. The van der Waals surface area contributed by atoms with Crippen LogP contribution in [0.2, 0.25) is 0 Å². The van der Waals surface area contributed by atoms with Gasteiger partial charge < -0.3 is 5.32 Å². The SMILES string of the molecule is CCCNCCCS(=O)(=O)Nc1ccccn1. The molecule has 17 heavy (non-hydrogen) atoms. The van der Waals surface area contributed by atoms with Crippen molar-refractivity contribution in [2.75, 3.05) is 23.6 Å². The zero-order valence-corrected chi connectivity index (χ0v) is 10.8. The van der Waals surface area contributed by atoms with E-state index in [0.29, 0.717) is 12.2 Å². The fourth-order valence-corrected chi connectivity index (χ4v) is 2.39. The Hall–Kier alpha value is -1.14.